The van der Waals surface area contributed by atoms with Crippen LogP contribution >= 0.6 is 0 Å². The summed E-state index contributed by atoms with van der Waals surface area (Å²) < 4.78 is 0. The van der Waals surface area contributed by atoms with Gasteiger partial charge in [0.1, 0.15) is 0 Å². The average molecular weight is 200 g/mol. The van der Waals surface area contributed by atoms with Gasteiger partial charge in [-0.3, -0.25) is 4.90 Å². The summed E-state index contributed by atoms with van der Waals surface area (Å²) in [6, 6.07) is 0.571. The molecular formula is C11H24N2O. The van der Waals surface area contributed by atoms with Gasteiger partial charge in [0, 0.05) is 18.1 Å². The molecule has 0 aromatic carbocycles. The van der Waals surface area contributed by atoms with E-state index in [2.05, 4.69) is 38.0 Å². The van der Waals surface area contributed by atoms with E-state index in [9.17, 15) is 5.11 Å². The number of likely N-dealkylation sites (N-methyl/N-ethyl adjacent to an activating group) is 1. The van der Waals surface area contributed by atoms with Gasteiger partial charge in [0.05, 0.1) is 6.61 Å². The number of aliphatic hydroxyl groups is 1. The zero-order valence-corrected chi connectivity index (χ0v) is 9.88. The molecule has 2 N–H and O–H groups in total. The summed E-state index contributed by atoms with van der Waals surface area (Å²) in [5.74, 6) is 0.728. The maximum Gasteiger partial charge on any atom is 0.0610 e. The SMILES string of the molecule is CCC1CNCC1N(C)C(C)(C)CO. The Morgan fingerprint density at radius 1 is 1.43 bits per heavy atom. The maximum atomic E-state index is 9.32. The molecule has 0 amide bonds. The number of hydrogen-bond acceptors (Lipinski definition) is 3. The lowest BCUT2D eigenvalue weighted by molar-refractivity contribution is 0.0363. The Bertz CT molecular complexity index is 182. The van der Waals surface area contributed by atoms with Crippen molar-refractivity contribution in [3.63, 3.8) is 0 Å². The third-order valence-electron chi connectivity index (χ3n) is 3.67. The molecule has 1 heterocycles. The predicted molar refractivity (Wildman–Crippen MR) is 59.4 cm³/mol. The van der Waals surface area contributed by atoms with Crippen LogP contribution in [0.4, 0.5) is 0 Å². The number of nitrogens with one attached hydrogen (secondary N) is 1. The van der Waals surface area contributed by atoms with Crippen LogP contribution in [-0.2, 0) is 0 Å². The molecule has 84 valence electrons. The molecule has 1 aliphatic rings. The molecule has 0 saturated carbocycles. The van der Waals surface area contributed by atoms with Gasteiger partial charge in [-0.2, -0.15) is 0 Å². The number of aliphatic hydroxyl groups excluding tert-OH is 1. The van der Waals surface area contributed by atoms with E-state index >= 15 is 0 Å². The van der Waals surface area contributed by atoms with E-state index in [1.165, 1.54) is 6.42 Å². The smallest absolute Gasteiger partial charge is 0.0610 e. The van der Waals surface area contributed by atoms with Gasteiger partial charge >= 0.3 is 0 Å². The fraction of sp³-hybridized carbons (Fsp3) is 1.00. The topological polar surface area (TPSA) is 35.5 Å². The average Bonchev–Trinajstić information content (AvgIpc) is 2.64. The summed E-state index contributed by atoms with van der Waals surface area (Å²) in [6.45, 7) is 8.82. The van der Waals surface area contributed by atoms with E-state index < -0.39 is 0 Å². The molecule has 1 saturated heterocycles. The summed E-state index contributed by atoms with van der Waals surface area (Å²) in [4.78, 5) is 2.32. The lowest BCUT2D eigenvalue weighted by Crippen LogP contribution is -2.52. The van der Waals surface area contributed by atoms with Crippen LogP contribution in [0.5, 0.6) is 0 Å². The molecule has 1 rings (SSSR count). The number of nitrogens with zero attached hydrogens (tertiary/aromatic N) is 1. The molecule has 1 fully saturated rings. The Morgan fingerprint density at radius 2 is 2.07 bits per heavy atom. The van der Waals surface area contributed by atoms with Crippen molar-refractivity contribution in [2.45, 2.75) is 38.8 Å². The second-order valence-electron chi connectivity index (χ2n) is 4.98. The van der Waals surface area contributed by atoms with E-state index in [4.69, 9.17) is 0 Å². The second kappa shape index (κ2) is 4.60. The highest BCUT2D eigenvalue weighted by Crippen LogP contribution is 2.24. The molecule has 1 aliphatic heterocycles. The Kier molecular flexibility index (Phi) is 3.93. The minimum Gasteiger partial charge on any atom is -0.394 e. The van der Waals surface area contributed by atoms with Crippen LogP contribution in [0.3, 0.4) is 0 Å². The van der Waals surface area contributed by atoms with E-state index in [1.807, 2.05) is 0 Å². The molecule has 3 heteroatoms. The third-order valence-corrected chi connectivity index (χ3v) is 3.67. The monoisotopic (exact) mass is 200 g/mol. The van der Waals surface area contributed by atoms with Crippen LogP contribution in [0, 0.1) is 5.92 Å². The van der Waals surface area contributed by atoms with E-state index in [0.29, 0.717) is 6.04 Å². The Hall–Kier alpha value is -0.120. The van der Waals surface area contributed by atoms with E-state index in [0.717, 1.165) is 19.0 Å². The fourth-order valence-corrected chi connectivity index (χ4v) is 2.15. The Labute approximate surface area is 87.5 Å². The summed E-state index contributed by atoms with van der Waals surface area (Å²) in [5, 5.41) is 12.7. The van der Waals surface area contributed by atoms with Gasteiger partial charge in [0.2, 0.25) is 0 Å². The molecule has 0 bridgehead atoms. The largest absolute Gasteiger partial charge is 0.394 e. The molecule has 14 heavy (non-hydrogen) atoms. The van der Waals surface area contributed by atoms with Crippen LogP contribution in [0.2, 0.25) is 0 Å². The molecular weight excluding hydrogens is 176 g/mol. The molecule has 0 aromatic heterocycles. The van der Waals surface area contributed by atoms with Crippen LogP contribution in [0.1, 0.15) is 27.2 Å². The zero-order chi connectivity index (χ0) is 10.8. The van der Waals surface area contributed by atoms with Crippen molar-refractivity contribution < 1.29 is 5.11 Å². The summed E-state index contributed by atoms with van der Waals surface area (Å²) in [5.41, 5.74) is -0.107. The summed E-state index contributed by atoms with van der Waals surface area (Å²) in [7, 11) is 2.12. The number of rotatable bonds is 4. The van der Waals surface area contributed by atoms with Gasteiger partial charge in [-0.15, -0.1) is 0 Å². The van der Waals surface area contributed by atoms with Crippen molar-refractivity contribution in [1.82, 2.24) is 10.2 Å². The molecule has 0 spiro atoms. The first kappa shape index (κ1) is 12.0. The minimum absolute atomic E-state index is 0.107. The van der Waals surface area contributed by atoms with Gasteiger partial charge in [0.25, 0.3) is 0 Å². The maximum absolute atomic E-state index is 9.32. The van der Waals surface area contributed by atoms with Crippen molar-refractivity contribution >= 4 is 0 Å². The predicted octanol–water partition coefficient (Wildman–Crippen LogP) is 0.687. The molecule has 0 aromatic rings. The third kappa shape index (κ3) is 2.27. The lowest BCUT2D eigenvalue weighted by atomic mass is 9.94. The summed E-state index contributed by atoms with van der Waals surface area (Å²) >= 11 is 0. The van der Waals surface area contributed by atoms with Gasteiger partial charge in [-0.25, -0.2) is 0 Å². The zero-order valence-electron chi connectivity index (χ0n) is 9.88. The molecule has 0 aliphatic carbocycles. The van der Waals surface area contributed by atoms with Crippen LogP contribution in [-0.4, -0.2) is 48.3 Å². The Morgan fingerprint density at radius 3 is 2.57 bits per heavy atom. The van der Waals surface area contributed by atoms with Crippen LogP contribution in [0.25, 0.3) is 0 Å². The first-order valence-electron chi connectivity index (χ1n) is 5.57. The molecule has 2 atom stereocenters. The molecule has 2 unspecified atom stereocenters. The van der Waals surface area contributed by atoms with Gasteiger partial charge in [-0.1, -0.05) is 13.3 Å². The van der Waals surface area contributed by atoms with Crippen molar-refractivity contribution in [2.24, 2.45) is 5.92 Å². The summed E-state index contributed by atoms with van der Waals surface area (Å²) in [6.07, 6.45) is 1.21. The minimum atomic E-state index is -0.107. The van der Waals surface area contributed by atoms with Gasteiger partial charge in [-0.05, 0) is 33.4 Å². The Balaban J connectivity index is 2.63. The molecule has 0 radical (unpaired) electrons. The molecule has 3 nitrogen and oxygen atoms in total. The van der Waals surface area contributed by atoms with Gasteiger partial charge < -0.3 is 10.4 Å². The van der Waals surface area contributed by atoms with Crippen LogP contribution < -0.4 is 5.32 Å². The van der Waals surface area contributed by atoms with Gasteiger partial charge in [0.15, 0.2) is 0 Å². The first-order valence-corrected chi connectivity index (χ1v) is 5.57. The highest BCUT2D eigenvalue weighted by molar-refractivity contribution is 4.92. The second-order valence-corrected chi connectivity index (χ2v) is 4.98. The van der Waals surface area contributed by atoms with Crippen molar-refractivity contribution in [3.8, 4) is 0 Å². The van der Waals surface area contributed by atoms with Crippen molar-refractivity contribution in [3.05, 3.63) is 0 Å². The highest BCUT2D eigenvalue weighted by atomic mass is 16.3. The lowest BCUT2D eigenvalue weighted by Gasteiger charge is -2.40. The van der Waals surface area contributed by atoms with E-state index in [1.54, 1.807) is 0 Å². The normalized spacial score (nSPS) is 28.7. The number of hydrogen-bond donors (Lipinski definition) is 2. The standard InChI is InChI=1S/C11H24N2O/c1-5-9-6-12-7-10(9)13(4)11(2,3)8-14/h9-10,12,14H,5-8H2,1-4H3. The quantitative estimate of drug-likeness (QED) is 0.701. The van der Waals surface area contributed by atoms with E-state index in [-0.39, 0.29) is 12.1 Å². The fourth-order valence-electron chi connectivity index (χ4n) is 2.15. The highest BCUT2D eigenvalue weighted by Gasteiger charge is 2.35. The van der Waals surface area contributed by atoms with Crippen molar-refractivity contribution in [2.75, 3.05) is 26.7 Å². The van der Waals surface area contributed by atoms with Crippen molar-refractivity contribution in [1.29, 1.82) is 0 Å². The first-order chi connectivity index (χ1) is 6.53. The van der Waals surface area contributed by atoms with Crippen LogP contribution in [0.15, 0.2) is 0 Å².